The van der Waals surface area contributed by atoms with Crippen molar-refractivity contribution in [3.63, 3.8) is 0 Å². The van der Waals surface area contributed by atoms with Gasteiger partial charge < -0.3 is 19.1 Å². The van der Waals surface area contributed by atoms with Crippen LogP contribution < -0.4 is 30.9 Å². The van der Waals surface area contributed by atoms with E-state index in [1.165, 1.54) is 66.4 Å². The molecule has 2 aliphatic heterocycles. The summed E-state index contributed by atoms with van der Waals surface area (Å²) >= 11 is 0. The second-order valence-electron chi connectivity index (χ2n) is 25.0. The fourth-order valence-corrected chi connectivity index (χ4v) is 11.5. The minimum absolute atomic E-state index is 0.00983. The summed E-state index contributed by atoms with van der Waals surface area (Å²) in [6.07, 6.45) is 0. The Kier molecular flexibility index (Phi) is 10.9. The Morgan fingerprint density at radius 2 is 1.00 bits per heavy atom. The highest BCUT2D eigenvalue weighted by Gasteiger charge is 2.45. The topological polar surface area (TPSA) is 20.6 Å². The second kappa shape index (κ2) is 16.5. The molecule has 5 heteroatoms. The second-order valence-corrected chi connectivity index (χ2v) is 25.0. The molecule has 0 spiro atoms. The molecular weight excluding hydrogens is 874 g/mol. The van der Waals surface area contributed by atoms with Crippen molar-refractivity contribution < 1.29 is 4.74 Å². The maximum absolute atomic E-state index is 7.74. The molecule has 11 rings (SSSR count). The van der Waals surface area contributed by atoms with Gasteiger partial charge in [0.25, 0.3) is 6.71 Å². The van der Waals surface area contributed by atoms with Crippen LogP contribution in [0.3, 0.4) is 0 Å². The molecule has 72 heavy (non-hydrogen) atoms. The molecule has 9 aromatic rings. The van der Waals surface area contributed by atoms with E-state index in [0.29, 0.717) is 0 Å². The molecule has 0 fully saturated rings. The summed E-state index contributed by atoms with van der Waals surface area (Å²) in [5.41, 5.74) is 22.7. The average Bonchev–Trinajstić information content (AvgIpc) is 3.62. The number of aryl methyl sites for hydroxylation is 3. The van der Waals surface area contributed by atoms with Gasteiger partial charge in [0.15, 0.2) is 0 Å². The zero-order chi connectivity index (χ0) is 51.0. The van der Waals surface area contributed by atoms with Crippen LogP contribution in [0.15, 0.2) is 152 Å². The summed E-state index contributed by atoms with van der Waals surface area (Å²) < 4.78 is 10.1. The monoisotopic (exact) mass is 944 g/mol. The van der Waals surface area contributed by atoms with Gasteiger partial charge in [-0.15, -0.1) is 0 Å². The molecule has 0 aliphatic carbocycles. The first-order valence-corrected chi connectivity index (χ1v) is 26.0. The number of benzene rings is 8. The maximum Gasteiger partial charge on any atom is 0.256 e. The van der Waals surface area contributed by atoms with Gasteiger partial charge in [-0.2, -0.15) is 0 Å². The molecule has 0 N–H and O–H groups in total. The first-order chi connectivity index (χ1) is 34.0. The van der Waals surface area contributed by atoms with Gasteiger partial charge >= 0.3 is 0 Å². The van der Waals surface area contributed by atoms with E-state index in [2.05, 4.69) is 270 Å². The van der Waals surface area contributed by atoms with E-state index in [-0.39, 0.29) is 28.4 Å². The lowest BCUT2D eigenvalue weighted by Crippen LogP contribution is -2.59. The van der Waals surface area contributed by atoms with Crippen molar-refractivity contribution in [3.05, 3.63) is 185 Å². The van der Waals surface area contributed by atoms with E-state index < -0.39 is 0 Å². The highest BCUT2D eigenvalue weighted by atomic mass is 16.5. The first kappa shape index (κ1) is 47.4. The molecule has 3 heterocycles. The molecule has 0 unspecified atom stereocenters. The van der Waals surface area contributed by atoms with E-state index in [0.717, 1.165) is 61.9 Å². The van der Waals surface area contributed by atoms with Crippen LogP contribution in [0.4, 0.5) is 34.1 Å². The van der Waals surface area contributed by atoms with Crippen LogP contribution in [-0.2, 0) is 28.7 Å². The zero-order valence-corrected chi connectivity index (χ0v) is 45.3. The van der Waals surface area contributed by atoms with E-state index >= 15 is 0 Å². The summed E-state index contributed by atoms with van der Waals surface area (Å²) in [5.74, 6) is 1.82. The van der Waals surface area contributed by atoms with Crippen LogP contribution in [0.5, 0.6) is 11.5 Å². The zero-order valence-electron chi connectivity index (χ0n) is 45.3. The van der Waals surface area contributed by atoms with Crippen molar-refractivity contribution >= 4 is 79.0 Å². The minimum Gasteiger partial charge on any atom is -0.458 e. The number of hydrogen-bond acceptors (Lipinski definition) is 3. The quantitative estimate of drug-likeness (QED) is 0.160. The Labute approximate surface area is 429 Å². The Morgan fingerprint density at radius 3 is 1.56 bits per heavy atom. The number of nitrogens with zero attached hydrogens (tertiary/aromatic N) is 3. The third-order valence-electron chi connectivity index (χ3n) is 15.5. The number of fused-ring (bicyclic) bond motifs is 8. The van der Waals surface area contributed by atoms with Crippen molar-refractivity contribution in [2.45, 2.75) is 119 Å². The third-order valence-corrected chi connectivity index (χ3v) is 15.5. The molecule has 362 valence electrons. The summed E-state index contributed by atoms with van der Waals surface area (Å²) in [6, 6.07) is 58.1. The van der Waals surface area contributed by atoms with Crippen LogP contribution in [0.2, 0.25) is 0 Å². The molecule has 2 aliphatic rings. The molecule has 0 saturated heterocycles. The Morgan fingerprint density at radius 1 is 0.486 bits per heavy atom. The van der Waals surface area contributed by atoms with Crippen LogP contribution in [0, 0.1) is 13.8 Å². The predicted molar refractivity (Wildman–Crippen MR) is 311 cm³/mol. The maximum atomic E-state index is 7.74. The average molecular weight is 944 g/mol. The van der Waals surface area contributed by atoms with Crippen LogP contribution >= 0.6 is 0 Å². The fraction of sp³-hybridized carbons (Fsp3) is 0.284. The van der Waals surface area contributed by atoms with Gasteiger partial charge in [0.2, 0.25) is 0 Å². The van der Waals surface area contributed by atoms with Crippen LogP contribution in [0.1, 0.15) is 116 Å². The van der Waals surface area contributed by atoms with Gasteiger partial charge in [0.1, 0.15) is 11.5 Å². The van der Waals surface area contributed by atoms with E-state index in [1.54, 1.807) is 0 Å². The van der Waals surface area contributed by atoms with E-state index in [9.17, 15) is 0 Å². The van der Waals surface area contributed by atoms with Gasteiger partial charge in [0, 0.05) is 46.4 Å². The van der Waals surface area contributed by atoms with Gasteiger partial charge in [-0.3, -0.25) is 0 Å². The standard InChI is InChI=1S/C67H70BN3O/c1-41-34-42(2)36-43(35-41)44-37-57-61-59(38-44)72-63-54(68(61)53-39-48(67(12,13)14)26-33-56(53)71(57)51-31-24-47(25-32-51)66(9,10)11)40-58(62-60(63)52-18-16-17-19-55(52)69(62)15)70(49-27-20-45(21-28-49)64(3,4)5)50-29-22-46(23-30-50)65(6,7)8/h16-40H,1-15H3. The van der Waals surface area contributed by atoms with Crippen molar-refractivity contribution in [1.29, 1.82) is 0 Å². The molecule has 4 nitrogen and oxygen atoms in total. The fourth-order valence-electron chi connectivity index (χ4n) is 11.5. The Hall–Kier alpha value is -6.98. The lowest BCUT2D eigenvalue weighted by molar-refractivity contribution is 0.493. The molecule has 8 aromatic carbocycles. The normalized spacial score (nSPS) is 13.5. The molecule has 0 atom stereocenters. The SMILES string of the molecule is Cc1cc(C)cc(-c2cc3c4c(c2)N(c2ccc(C(C)(C)C)cc2)c2ccc(C(C)(C)C)cc2B4c2cc(N(c4ccc(C(C)(C)C)cc4)c4ccc(C(C)(C)C)cc4)c4c(c2O3)c2ccccc2n4C)c1. The van der Waals surface area contributed by atoms with E-state index in [4.69, 9.17) is 4.74 Å². The number of rotatable bonds is 5. The summed E-state index contributed by atoms with van der Waals surface area (Å²) in [7, 11) is 2.23. The third kappa shape index (κ3) is 7.91. The van der Waals surface area contributed by atoms with Gasteiger partial charge in [-0.1, -0.05) is 179 Å². The molecule has 0 radical (unpaired) electrons. The molecule has 0 amide bonds. The molecule has 1 aromatic heterocycles. The summed E-state index contributed by atoms with van der Waals surface area (Å²) in [6.45, 7) is 31.9. The Bertz CT molecular complexity index is 3530. The highest BCUT2D eigenvalue weighted by Crippen LogP contribution is 2.50. The molecule has 0 saturated carbocycles. The van der Waals surface area contributed by atoms with Gasteiger partial charge in [-0.05, 0) is 152 Å². The van der Waals surface area contributed by atoms with Crippen molar-refractivity contribution in [2.75, 3.05) is 9.80 Å². The summed E-state index contributed by atoms with van der Waals surface area (Å²) in [4.78, 5) is 5.01. The number of ether oxygens (including phenoxy) is 1. The van der Waals surface area contributed by atoms with Gasteiger partial charge in [-0.25, -0.2) is 0 Å². The lowest BCUT2D eigenvalue weighted by atomic mass is 9.33. The molecular formula is C67H70BN3O. The van der Waals surface area contributed by atoms with Gasteiger partial charge in [0.05, 0.1) is 16.6 Å². The Balaban J connectivity index is 1.26. The number of para-hydroxylation sites is 1. The van der Waals surface area contributed by atoms with Crippen LogP contribution in [-0.4, -0.2) is 11.3 Å². The minimum atomic E-state index is -0.148. The van der Waals surface area contributed by atoms with Crippen molar-refractivity contribution in [3.8, 4) is 22.6 Å². The molecule has 0 bridgehead atoms. The smallest absolute Gasteiger partial charge is 0.256 e. The largest absolute Gasteiger partial charge is 0.458 e. The number of aromatic nitrogens is 1. The lowest BCUT2D eigenvalue weighted by Gasteiger charge is -2.41. The summed E-state index contributed by atoms with van der Waals surface area (Å²) in [5, 5.41) is 2.30. The van der Waals surface area contributed by atoms with Crippen molar-refractivity contribution in [2.24, 2.45) is 7.05 Å². The number of hydrogen-bond donors (Lipinski definition) is 0. The van der Waals surface area contributed by atoms with Crippen molar-refractivity contribution in [1.82, 2.24) is 4.57 Å². The van der Waals surface area contributed by atoms with E-state index in [1.807, 2.05) is 0 Å². The number of anilines is 6. The predicted octanol–water partition coefficient (Wildman–Crippen LogP) is 16.7. The van der Waals surface area contributed by atoms with Crippen LogP contribution in [0.25, 0.3) is 32.9 Å². The highest BCUT2D eigenvalue weighted by molar-refractivity contribution is 6.99. The first-order valence-electron chi connectivity index (χ1n) is 26.0.